The van der Waals surface area contributed by atoms with E-state index in [9.17, 15) is 8.60 Å². The molecule has 4 N–H and O–H groups in total. The van der Waals surface area contributed by atoms with Gasteiger partial charge in [0.1, 0.15) is 22.6 Å². The summed E-state index contributed by atoms with van der Waals surface area (Å²) >= 11 is 0. The smallest absolute Gasteiger partial charge is 0.141 e. The SMILES string of the molecule is C1CCNCC1.CNS(=O)c1ccccc1-c1ccc(-c2cnc(N)cn2)c(F)c1. The lowest BCUT2D eigenvalue weighted by Crippen LogP contribution is -2.21. The topological polar surface area (TPSA) is 92.9 Å². The Balaban J connectivity index is 0.000000367. The predicted molar refractivity (Wildman–Crippen MR) is 119 cm³/mol. The molecule has 0 saturated carbocycles. The lowest BCUT2D eigenvalue weighted by atomic mass is 10.0. The van der Waals surface area contributed by atoms with Crippen molar-refractivity contribution in [2.24, 2.45) is 0 Å². The Labute approximate surface area is 178 Å². The van der Waals surface area contributed by atoms with Crippen molar-refractivity contribution in [1.29, 1.82) is 0 Å². The molecule has 1 aliphatic rings. The summed E-state index contributed by atoms with van der Waals surface area (Å²) in [7, 11) is 0.246. The van der Waals surface area contributed by atoms with Gasteiger partial charge >= 0.3 is 0 Å². The van der Waals surface area contributed by atoms with Gasteiger partial charge in [0.05, 0.1) is 23.0 Å². The van der Waals surface area contributed by atoms with Crippen LogP contribution in [0, 0.1) is 5.82 Å². The van der Waals surface area contributed by atoms with E-state index in [4.69, 9.17) is 5.73 Å². The highest BCUT2D eigenvalue weighted by Crippen LogP contribution is 2.30. The molecule has 0 radical (unpaired) electrons. The van der Waals surface area contributed by atoms with Crippen molar-refractivity contribution in [2.75, 3.05) is 25.9 Å². The number of aromatic nitrogens is 2. The van der Waals surface area contributed by atoms with Crippen LogP contribution in [0.15, 0.2) is 59.8 Å². The van der Waals surface area contributed by atoms with Gasteiger partial charge in [-0.05, 0) is 62.3 Å². The van der Waals surface area contributed by atoms with Gasteiger partial charge in [0.15, 0.2) is 0 Å². The molecule has 1 saturated heterocycles. The molecule has 0 aliphatic carbocycles. The first-order valence-corrected chi connectivity index (χ1v) is 11.0. The third-order valence-corrected chi connectivity index (χ3v) is 5.83. The van der Waals surface area contributed by atoms with Gasteiger partial charge in [-0.15, -0.1) is 0 Å². The molecule has 3 aromatic rings. The number of nitrogens with two attached hydrogens (primary N) is 1. The van der Waals surface area contributed by atoms with E-state index >= 15 is 0 Å². The number of piperidine rings is 1. The van der Waals surface area contributed by atoms with Crippen LogP contribution in [0.25, 0.3) is 22.4 Å². The average molecular weight is 428 g/mol. The van der Waals surface area contributed by atoms with E-state index in [0.717, 1.165) is 0 Å². The van der Waals surface area contributed by atoms with Gasteiger partial charge < -0.3 is 11.1 Å². The summed E-state index contributed by atoms with van der Waals surface area (Å²) in [6, 6.07) is 12.0. The van der Waals surface area contributed by atoms with Crippen molar-refractivity contribution in [2.45, 2.75) is 24.2 Å². The monoisotopic (exact) mass is 427 g/mol. The zero-order valence-electron chi connectivity index (χ0n) is 16.9. The lowest BCUT2D eigenvalue weighted by molar-refractivity contribution is 0.520. The molecule has 0 spiro atoms. The number of nitrogens with one attached hydrogen (secondary N) is 2. The highest BCUT2D eigenvalue weighted by molar-refractivity contribution is 7.83. The third-order valence-electron chi connectivity index (χ3n) is 4.71. The zero-order valence-corrected chi connectivity index (χ0v) is 17.7. The fraction of sp³-hybridized carbons (Fsp3) is 0.273. The lowest BCUT2D eigenvalue weighted by Gasteiger charge is -2.10. The minimum atomic E-state index is -1.36. The summed E-state index contributed by atoms with van der Waals surface area (Å²) in [6.07, 6.45) is 7.03. The van der Waals surface area contributed by atoms with Crippen molar-refractivity contribution >= 4 is 16.8 Å². The Kier molecular flexibility index (Phi) is 8.01. The van der Waals surface area contributed by atoms with E-state index < -0.39 is 16.8 Å². The van der Waals surface area contributed by atoms with Gasteiger partial charge in [-0.1, -0.05) is 30.7 Å². The molecule has 0 bridgehead atoms. The molecule has 1 fully saturated rings. The Hall–Kier alpha value is -2.68. The summed E-state index contributed by atoms with van der Waals surface area (Å²) in [5.74, 6) is -0.157. The Morgan fingerprint density at radius 1 is 1.03 bits per heavy atom. The van der Waals surface area contributed by atoms with Crippen molar-refractivity contribution in [3.05, 3.63) is 60.7 Å². The number of hydrogen-bond acceptors (Lipinski definition) is 5. The second kappa shape index (κ2) is 10.9. The van der Waals surface area contributed by atoms with Gasteiger partial charge in [0, 0.05) is 5.56 Å². The molecule has 30 heavy (non-hydrogen) atoms. The largest absolute Gasteiger partial charge is 0.382 e. The van der Waals surface area contributed by atoms with Gasteiger partial charge in [-0.2, -0.15) is 0 Å². The van der Waals surface area contributed by atoms with Crippen LogP contribution in [0.1, 0.15) is 19.3 Å². The standard InChI is InChI=1S/C17H15FN4OS.C5H11N/c1-20-24(23)16-5-3-2-4-12(16)11-6-7-13(14(18)8-11)15-9-22-17(19)10-21-15;1-2-4-6-5-3-1/h2-10,20H,1H3,(H2,19,22);6H,1-5H2. The molecule has 2 aromatic carbocycles. The van der Waals surface area contributed by atoms with Crippen LogP contribution in [0.5, 0.6) is 0 Å². The first-order chi connectivity index (χ1) is 14.6. The molecule has 1 aromatic heterocycles. The summed E-state index contributed by atoms with van der Waals surface area (Å²) in [4.78, 5) is 8.61. The fourth-order valence-electron chi connectivity index (χ4n) is 3.15. The maximum absolute atomic E-state index is 14.5. The predicted octanol–water partition coefficient (Wildman–Crippen LogP) is 3.53. The number of anilines is 1. The third kappa shape index (κ3) is 5.69. The zero-order chi connectivity index (χ0) is 21.3. The van der Waals surface area contributed by atoms with Crippen molar-refractivity contribution in [1.82, 2.24) is 20.0 Å². The summed E-state index contributed by atoms with van der Waals surface area (Å²) in [5.41, 5.74) is 7.58. The molecule has 4 rings (SSSR count). The van der Waals surface area contributed by atoms with Crippen LogP contribution >= 0.6 is 0 Å². The van der Waals surface area contributed by atoms with Gasteiger partial charge in [0.2, 0.25) is 0 Å². The summed E-state index contributed by atoms with van der Waals surface area (Å²) in [6.45, 7) is 2.50. The normalized spacial score (nSPS) is 14.5. The Morgan fingerprint density at radius 3 is 2.37 bits per heavy atom. The molecule has 1 unspecified atom stereocenters. The maximum atomic E-state index is 14.5. The first kappa shape index (κ1) is 22.0. The van der Waals surface area contributed by atoms with Crippen molar-refractivity contribution < 1.29 is 8.60 Å². The quantitative estimate of drug-likeness (QED) is 0.592. The van der Waals surface area contributed by atoms with E-state index in [1.807, 2.05) is 12.1 Å². The van der Waals surface area contributed by atoms with Crippen LogP contribution < -0.4 is 15.8 Å². The highest BCUT2D eigenvalue weighted by atomic mass is 32.2. The minimum Gasteiger partial charge on any atom is -0.382 e. The van der Waals surface area contributed by atoms with Gasteiger partial charge in [0.25, 0.3) is 0 Å². The maximum Gasteiger partial charge on any atom is 0.141 e. The number of nitrogens with zero attached hydrogens (tertiary/aromatic N) is 2. The molecular weight excluding hydrogens is 401 g/mol. The van der Waals surface area contributed by atoms with Crippen LogP contribution in [-0.4, -0.2) is 34.3 Å². The van der Waals surface area contributed by atoms with Crippen LogP contribution in [0.2, 0.25) is 0 Å². The molecule has 0 amide bonds. The van der Waals surface area contributed by atoms with Crippen LogP contribution in [0.3, 0.4) is 0 Å². The summed E-state index contributed by atoms with van der Waals surface area (Å²) < 4.78 is 29.3. The van der Waals surface area contributed by atoms with Crippen LogP contribution in [0.4, 0.5) is 10.2 Å². The van der Waals surface area contributed by atoms with Crippen molar-refractivity contribution in [3.63, 3.8) is 0 Å². The number of nitrogen functional groups attached to an aromatic ring is 1. The first-order valence-electron chi connectivity index (χ1n) is 9.87. The molecular formula is C22H26FN5OS. The number of halogens is 1. The Morgan fingerprint density at radius 2 is 1.80 bits per heavy atom. The second-order valence-electron chi connectivity index (χ2n) is 6.80. The fourth-order valence-corrected chi connectivity index (χ4v) is 3.95. The highest BCUT2D eigenvalue weighted by Gasteiger charge is 2.13. The molecule has 1 atom stereocenters. The van der Waals surface area contributed by atoms with E-state index in [-0.39, 0.29) is 5.82 Å². The van der Waals surface area contributed by atoms with E-state index in [2.05, 4.69) is 20.0 Å². The summed E-state index contributed by atoms with van der Waals surface area (Å²) in [5, 5.41) is 3.28. The molecule has 158 valence electrons. The molecule has 8 heteroatoms. The van der Waals surface area contributed by atoms with E-state index in [1.165, 1.54) is 50.8 Å². The van der Waals surface area contributed by atoms with E-state index in [0.29, 0.717) is 27.3 Å². The van der Waals surface area contributed by atoms with E-state index in [1.54, 1.807) is 31.3 Å². The molecule has 1 aliphatic heterocycles. The van der Waals surface area contributed by atoms with Gasteiger partial charge in [-0.25, -0.2) is 18.3 Å². The number of rotatable bonds is 4. The number of benzene rings is 2. The van der Waals surface area contributed by atoms with Gasteiger partial charge in [-0.3, -0.25) is 4.98 Å². The van der Waals surface area contributed by atoms with Crippen molar-refractivity contribution in [3.8, 4) is 22.4 Å². The number of hydrogen-bond donors (Lipinski definition) is 3. The van der Waals surface area contributed by atoms with Crippen LogP contribution in [-0.2, 0) is 11.0 Å². The average Bonchev–Trinajstić information content (AvgIpc) is 2.81. The molecule has 6 nitrogen and oxygen atoms in total. The Bertz CT molecular complexity index is 982. The second-order valence-corrected chi connectivity index (χ2v) is 8.19. The minimum absolute atomic E-state index is 0.277. The molecule has 2 heterocycles.